The Hall–Kier alpha value is -1.05. The maximum Gasteiger partial charge on any atom is 0.129 e. The van der Waals surface area contributed by atoms with Crippen molar-refractivity contribution in [3.05, 3.63) is 23.9 Å². The Labute approximate surface area is 86.0 Å². The molecule has 0 saturated carbocycles. The minimum atomic E-state index is 0.712. The highest BCUT2D eigenvalue weighted by Crippen LogP contribution is 2.25. The normalized spacial score (nSPS) is 21.6. The molecular formula is C12H18N2. The summed E-state index contributed by atoms with van der Waals surface area (Å²) < 4.78 is 0. The van der Waals surface area contributed by atoms with Gasteiger partial charge in [0, 0.05) is 18.3 Å². The van der Waals surface area contributed by atoms with Gasteiger partial charge in [0.1, 0.15) is 5.82 Å². The first kappa shape index (κ1) is 9.50. The van der Waals surface area contributed by atoms with Crippen LogP contribution in [0.15, 0.2) is 18.2 Å². The summed E-state index contributed by atoms with van der Waals surface area (Å²) in [5, 5.41) is 0. The molecule has 14 heavy (non-hydrogen) atoms. The van der Waals surface area contributed by atoms with E-state index in [2.05, 4.69) is 41.9 Å². The zero-order valence-corrected chi connectivity index (χ0v) is 9.03. The first-order valence-corrected chi connectivity index (χ1v) is 5.51. The Bertz CT molecular complexity index is 309. The molecule has 2 heterocycles. The van der Waals surface area contributed by atoms with E-state index in [1.165, 1.54) is 25.8 Å². The Morgan fingerprint density at radius 2 is 2.36 bits per heavy atom. The lowest BCUT2D eigenvalue weighted by atomic mass is 10.2. The summed E-state index contributed by atoms with van der Waals surface area (Å²) >= 11 is 0. The SMILES string of the molecule is CCC1CCCN1c1cccc(C)n1. The fourth-order valence-electron chi connectivity index (χ4n) is 2.25. The Balaban J connectivity index is 2.21. The van der Waals surface area contributed by atoms with Gasteiger partial charge in [0.2, 0.25) is 0 Å². The summed E-state index contributed by atoms with van der Waals surface area (Å²) in [6, 6.07) is 6.99. The Morgan fingerprint density at radius 3 is 3.07 bits per heavy atom. The molecule has 0 radical (unpaired) electrons. The van der Waals surface area contributed by atoms with Crippen LogP contribution in [0.1, 0.15) is 31.9 Å². The van der Waals surface area contributed by atoms with Crippen LogP contribution in [0.3, 0.4) is 0 Å². The molecule has 0 spiro atoms. The largest absolute Gasteiger partial charge is 0.354 e. The second-order valence-corrected chi connectivity index (χ2v) is 4.03. The van der Waals surface area contributed by atoms with Gasteiger partial charge in [0.05, 0.1) is 0 Å². The van der Waals surface area contributed by atoms with Crippen LogP contribution in [0.5, 0.6) is 0 Å². The van der Waals surface area contributed by atoms with Gasteiger partial charge in [-0.1, -0.05) is 13.0 Å². The second kappa shape index (κ2) is 3.99. The minimum Gasteiger partial charge on any atom is -0.354 e. The topological polar surface area (TPSA) is 16.1 Å². The number of hydrogen-bond donors (Lipinski definition) is 0. The average molecular weight is 190 g/mol. The van der Waals surface area contributed by atoms with E-state index in [4.69, 9.17) is 0 Å². The molecule has 0 N–H and O–H groups in total. The molecule has 0 aromatic carbocycles. The van der Waals surface area contributed by atoms with Gasteiger partial charge in [0.15, 0.2) is 0 Å². The van der Waals surface area contributed by atoms with Crippen LogP contribution >= 0.6 is 0 Å². The third-order valence-electron chi connectivity index (χ3n) is 3.02. The number of aromatic nitrogens is 1. The molecule has 0 amide bonds. The molecule has 1 saturated heterocycles. The molecule has 0 aliphatic carbocycles. The first-order valence-electron chi connectivity index (χ1n) is 5.51. The highest BCUT2D eigenvalue weighted by molar-refractivity contribution is 5.41. The molecular weight excluding hydrogens is 172 g/mol. The Kier molecular flexibility index (Phi) is 2.71. The van der Waals surface area contributed by atoms with Gasteiger partial charge >= 0.3 is 0 Å². The predicted molar refractivity (Wildman–Crippen MR) is 59.6 cm³/mol. The van der Waals surface area contributed by atoms with Crippen LogP contribution < -0.4 is 4.90 Å². The maximum atomic E-state index is 4.58. The number of rotatable bonds is 2. The zero-order valence-electron chi connectivity index (χ0n) is 9.03. The van der Waals surface area contributed by atoms with Gasteiger partial charge in [-0.05, 0) is 38.3 Å². The fourth-order valence-corrected chi connectivity index (χ4v) is 2.25. The van der Waals surface area contributed by atoms with Crippen molar-refractivity contribution < 1.29 is 0 Å². The predicted octanol–water partition coefficient (Wildman–Crippen LogP) is 2.77. The third-order valence-corrected chi connectivity index (χ3v) is 3.02. The van der Waals surface area contributed by atoms with Crippen molar-refractivity contribution >= 4 is 5.82 Å². The highest BCUT2D eigenvalue weighted by Gasteiger charge is 2.23. The van der Waals surface area contributed by atoms with Crippen LogP contribution in [-0.2, 0) is 0 Å². The lowest BCUT2D eigenvalue weighted by Gasteiger charge is -2.24. The number of anilines is 1. The molecule has 1 aromatic heterocycles. The molecule has 0 bridgehead atoms. The zero-order chi connectivity index (χ0) is 9.97. The van der Waals surface area contributed by atoms with Gasteiger partial charge in [-0.3, -0.25) is 0 Å². The van der Waals surface area contributed by atoms with Crippen molar-refractivity contribution in [1.29, 1.82) is 0 Å². The van der Waals surface area contributed by atoms with Crippen molar-refractivity contribution in [2.24, 2.45) is 0 Å². The minimum absolute atomic E-state index is 0.712. The standard InChI is InChI=1S/C12H18N2/c1-3-11-7-5-9-14(11)12-8-4-6-10(2)13-12/h4,6,8,11H,3,5,7,9H2,1-2H3. The second-order valence-electron chi connectivity index (χ2n) is 4.03. The summed E-state index contributed by atoms with van der Waals surface area (Å²) in [6.07, 6.45) is 3.87. The van der Waals surface area contributed by atoms with E-state index in [1.807, 2.05) is 0 Å². The summed E-state index contributed by atoms with van der Waals surface area (Å²) in [7, 11) is 0. The number of hydrogen-bond acceptors (Lipinski definition) is 2. The monoisotopic (exact) mass is 190 g/mol. The van der Waals surface area contributed by atoms with E-state index in [-0.39, 0.29) is 0 Å². The van der Waals surface area contributed by atoms with Gasteiger partial charge in [-0.2, -0.15) is 0 Å². The van der Waals surface area contributed by atoms with Gasteiger partial charge < -0.3 is 4.90 Å². The van der Waals surface area contributed by atoms with Gasteiger partial charge in [-0.25, -0.2) is 4.98 Å². The van der Waals surface area contributed by atoms with E-state index in [9.17, 15) is 0 Å². The van der Waals surface area contributed by atoms with E-state index in [0.717, 1.165) is 11.5 Å². The van der Waals surface area contributed by atoms with Crippen LogP contribution in [0.25, 0.3) is 0 Å². The quantitative estimate of drug-likeness (QED) is 0.713. The molecule has 1 aliphatic heterocycles. The van der Waals surface area contributed by atoms with Crippen LogP contribution in [0.2, 0.25) is 0 Å². The van der Waals surface area contributed by atoms with Crippen molar-refractivity contribution in [3.8, 4) is 0 Å². The number of nitrogens with zero attached hydrogens (tertiary/aromatic N) is 2. The fraction of sp³-hybridized carbons (Fsp3) is 0.583. The van der Waals surface area contributed by atoms with Crippen LogP contribution in [0.4, 0.5) is 5.82 Å². The van der Waals surface area contributed by atoms with Crippen LogP contribution in [-0.4, -0.2) is 17.6 Å². The van der Waals surface area contributed by atoms with E-state index < -0.39 is 0 Å². The van der Waals surface area contributed by atoms with Gasteiger partial charge in [-0.15, -0.1) is 0 Å². The average Bonchev–Trinajstić information content (AvgIpc) is 2.65. The van der Waals surface area contributed by atoms with E-state index in [0.29, 0.717) is 6.04 Å². The van der Waals surface area contributed by atoms with E-state index >= 15 is 0 Å². The third kappa shape index (κ3) is 1.74. The number of pyridine rings is 1. The summed E-state index contributed by atoms with van der Waals surface area (Å²) in [5.74, 6) is 1.16. The van der Waals surface area contributed by atoms with Crippen molar-refractivity contribution in [2.45, 2.75) is 39.2 Å². The van der Waals surface area contributed by atoms with Crippen molar-refractivity contribution in [3.63, 3.8) is 0 Å². The molecule has 1 unspecified atom stereocenters. The lowest BCUT2D eigenvalue weighted by molar-refractivity contribution is 0.640. The lowest BCUT2D eigenvalue weighted by Crippen LogP contribution is -2.29. The summed E-state index contributed by atoms with van der Waals surface area (Å²) in [5.41, 5.74) is 1.12. The van der Waals surface area contributed by atoms with Crippen molar-refractivity contribution in [2.75, 3.05) is 11.4 Å². The van der Waals surface area contributed by atoms with E-state index in [1.54, 1.807) is 0 Å². The molecule has 1 aromatic rings. The molecule has 2 heteroatoms. The first-order chi connectivity index (χ1) is 6.81. The van der Waals surface area contributed by atoms with Gasteiger partial charge in [0.25, 0.3) is 0 Å². The summed E-state index contributed by atoms with van der Waals surface area (Å²) in [4.78, 5) is 7.03. The smallest absolute Gasteiger partial charge is 0.129 e. The highest BCUT2D eigenvalue weighted by atomic mass is 15.2. The number of aryl methyl sites for hydroxylation is 1. The van der Waals surface area contributed by atoms with Crippen molar-refractivity contribution in [1.82, 2.24) is 4.98 Å². The summed E-state index contributed by atoms with van der Waals surface area (Å²) in [6.45, 7) is 5.49. The molecule has 1 fully saturated rings. The molecule has 2 rings (SSSR count). The van der Waals surface area contributed by atoms with Crippen LogP contribution in [0, 0.1) is 6.92 Å². The molecule has 1 aliphatic rings. The molecule has 76 valence electrons. The molecule has 2 nitrogen and oxygen atoms in total. The maximum absolute atomic E-state index is 4.58. The Morgan fingerprint density at radius 1 is 1.50 bits per heavy atom. The molecule has 1 atom stereocenters.